The lowest BCUT2D eigenvalue weighted by atomic mass is 10.1. The van der Waals surface area contributed by atoms with E-state index >= 15 is 0 Å². The van der Waals surface area contributed by atoms with E-state index in [9.17, 15) is 9.59 Å². The molecule has 0 unspecified atom stereocenters. The minimum atomic E-state index is -1.23. The number of rotatable bonds is 5. The van der Waals surface area contributed by atoms with Crippen LogP contribution in [0.1, 0.15) is 19.5 Å². The van der Waals surface area contributed by atoms with Gasteiger partial charge in [-0.25, -0.2) is 4.79 Å². The molecule has 3 N–H and O–H groups in total. The van der Waals surface area contributed by atoms with E-state index in [1.165, 1.54) is 13.8 Å². The molecule has 0 fully saturated rings. The van der Waals surface area contributed by atoms with Gasteiger partial charge in [-0.05, 0) is 32.2 Å². The van der Waals surface area contributed by atoms with E-state index in [1.54, 1.807) is 18.0 Å². The topological polar surface area (TPSA) is 91.3 Å². The van der Waals surface area contributed by atoms with Crippen molar-refractivity contribution in [2.24, 2.45) is 0 Å². The fraction of sp³-hybridized carbons (Fsp3) is 0.417. The summed E-state index contributed by atoms with van der Waals surface area (Å²) in [7, 11) is 0. The zero-order chi connectivity index (χ0) is 14.5. The number of thioether (sulfide) groups is 1. The van der Waals surface area contributed by atoms with Crippen molar-refractivity contribution in [1.29, 1.82) is 0 Å². The number of carbonyl (C=O) groups is 2. The van der Waals surface area contributed by atoms with E-state index in [1.807, 2.05) is 18.4 Å². The number of carboxylic acid groups (broad SMARTS) is 1. The van der Waals surface area contributed by atoms with Gasteiger partial charge in [-0.2, -0.15) is 0 Å². The molecule has 0 aliphatic heterocycles. The van der Waals surface area contributed by atoms with Crippen LogP contribution in [0.5, 0.6) is 0 Å². The van der Waals surface area contributed by atoms with Gasteiger partial charge in [0.25, 0.3) is 0 Å². The molecule has 1 aromatic heterocycles. The summed E-state index contributed by atoms with van der Waals surface area (Å²) in [6.45, 7) is 3.27. The lowest BCUT2D eigenvalue weighted by molar-refractivity contribution is -0.126. The minimum absolute atomic E-state index is 0.264. The third kappa shape index (κ3) is 4.44. The summed E-state index contributed by atoms with van der Waals surface area (Å²) in [6.07, 6.45) is 2.35. The summed E-state index contributed by atoms with van der Waals surface area (Å²) in [6, 6.07) is 3.74. The average Bonchev–Trinajstić information content (AvgIpc) is 2.34. The van der Waals surface area contributed by atoms with Crippen molar-refractivity contribution in [3.8, 4) is 0 Å². The molecule has 0 aromatic carbocycles. The van der Waals surface area contributed by atoms with E-state index < -0.39 is 17.5 Å². The number of aromatic nitrogens is 1. The smallest absolute Gasteiger partial charge is 0.405 e. The molecule has 0 aliphatic carbocycles. The number of amides is 2. The first-order valence-corrected chi connectivity index (χ1v) is 6.86. The third-order valence-electron chi connectivity index (χ3n) is 2.47. The van der Waals surface area contributed by atoms with Gasteiger partial charge in [0, 0.05) is 11.1 Å². The fourth-order valence-electron chi connectivity index (χ4n) is 1.45. The Bertz CT molecular complexity index is 477. The van der Waals surface area contributed by atoms with Crippen LogP contribution in [-0.4, -0.2) is 33.9 Å². The first-order chi connectivity index (χ1) is 8.86. The van der Waals surface area contributed by atoms with Crippen LogP contribution in [0.4, 0.5) is 4.79 Å². The molecule has 104 valence electrons. The molecule has 0 bridgehead atoms. The number of hydrogen-bond acceptors (Lipinski definition) is 4. The first kappa shape index (κ1) is 15.3. The molecule has 1 aromatic rings. The maximum absolute atomic E-state index is 11.9. The van der Waals surface area contributed by atoms with Gasteiger partial charge in [0.15, 0.2) is 0 Å². The van der Waals surface area contributed by atoms with Crippen LogP contribution in [0.25, 0.3) is 0 Å². The van der Waals surface area contributed by atoms with Crippen LogP contribution in [0, 0.1) is 0 Å². The van der Waals surface area contributed by atoms with Crippen molar-refractivity contribution in [3.05, 3.63) is 24.0 Å². The molecule has 19 heavy (non-hydrogen) atoms. The summed E-state index contributed by atoms with van der Waals surface area (Å²) >= 11 is 1.54. The van der Waals surface area contributed by atoms with Crippen LogP contribution in [0.3, 0.4) is 0 Å². The monoisotopic (exact) mass is 283 g/mol. The first-order valence-electron chi connectivity index (χ1n) is 5.64. The van der Waals surface area contributed by atoms with E-state index in [4.69, 9.17) is 5.11 Å². The maximum Gasteiger partial charge on any atom is 0.405 e. The minimum Gasteiger partial charge on any atom is -0.465 e. The molecular formula is C12H17N3O3S. The van der Waals surface area contributed by atoms with Crippen molar-refractivity contribution in [2.45, 2.75) is 30.8 Å². The Kier molecular flexibility index (Phi) is 5.17. The van der Waals surface area contributed by atoms with Gasteiger partial charge in [-0.1, -0.05) is 0 Å². The van der Waals surface area contributed by atoms with Gasteiger partial charge in [-0.15, -0.1) is 11.8 Å². The highest BCUT2D eigenvalue weighted by atomic mass is 32.2. The number of hydrogen-bond donors (Lipinski definition) is 3. The Balaban J connectivity index is 2.66. The van der Waals surface area contributed by atoms with Crippen LogP contribution >= 0.6 is 11.8 Å². The Morgan fingerprint density at radius 1 is 1.47 bits per heavy atom. The highest BCUT2D eigenvalue weighted by Gasteiger charge is 2.29. The van der Waals surface area contributed by atoms with Gasteiger partial charge >= 0.3 is 6.09 Å². The maximum atomic E-state index is 11.9. The SMILES string of the molecule is CSc1cccnc1CNC(=O)C(C)(C)NC(=O)O. The Morgan fingerprint density at radius 3 is 2.74 bits per heavy atom. The number of carbonyl (C=O) groups excluding carboxylic acids is 1. The van der Waals surface area contributed by atoms with Crippen molar-refractivity contribution < 1.29 is 14.7 Å². The van der Waals surface area contributed by atoms with Gasteiger partial charge in [0.2, 0.25) is 5.91 Å². The number of nitrogens with one attached hydrogen (secondary N) is 2. The van der Waals surface area contributed by atoms with Crippen molar-refractivity contribution in [3.63, 3.8) is 0 Å². The molecule has 0 radical (unpaired) electrons. The van der Waals surface area contributed by atoms with E-state index in [0.717, 1.165) is 10.6 Å². The molecule has 1 heterocycles. The van der Waals surface area contributed by atoms with E-state index in [2.05, 4.69) is 15.6 Å². The normalized spacial score (nSPS) is 10.9. The van der Waals surface area contributed by atoms with Crippen LogP contribution in [-0.2, 0) is 11.3 Å². The van der Waals surface area contributed by atoms with Crippen LogP contribution in [0.15, 0.2) is 23.2 Å². The predicted octanol–water partition coefficient (Wildman–Crippen LogP) is 1.47. The second-order valence-electron chi connectivity index (χ2n) is 4.39. The zero-order valence-corrected chi connectivity index (χ0v) is 11.9. The predicted molar refractivity (Wildman–Crippen MR) is 73.1 cm³/mol. The molecule has 0 atom stereocenters. The molecule has 1 rings (SSSR count). The Hall–Kier alpha value is -1.76. The largest absolute Gasteiger partial charge is 0.465 e. The summed E-state index contributed by atoms with van der Waals surface area (Å²) in [5.41, 5.74) is -0.422. The molecule has 0 saturated heterocycles. The summed E-state index contributed by atoms with van der Waals surface area (Å²) in [5.74, 6) is -0.396. The molecule has 6 nitrogen and oxygen atoms in total. The Morgan fingerprint density at radius 2 is 2.16 bits per heavy atom. The van der Waals surface area contributed by atoms with Gasteiger partial charge < -0.3 is 15.7 Å². The molecule has 0 saturated carbocycles. The molecule has 7 heteroatoms. The second-order valence-corrected chi connectivity index (χ2v) is 5.24. The van der Waals surface area contributed by atoms with Crippen molar-refractivity contribution in [1.82, 2.24) is 15.6 Å². The Labute approximate surface area is 116 Å². The summed E-state index contributed by atoms with van der Waals surface area (Å²) < 4.78 is 0. The van der Waals surface area contributed by atoms with E-state index in [0.29, 0.717) is 0 Å². The molecule has 0 spiro atoms. The lowest BCUT2D eigenvalue weighted by Crippen LogP contribution is -2.54. The quantitative estimate of drug-likeness (QED) is 0.712. The summed E-state index contributed by atoms with van der Waals surface area (Å²) in [4.78, 5) is 27.7. The van der Waals surface area contributed by atoms with Gasteiger partial charge in [-0.3, -0.25) is 9.78 Å². The lowest BCUT2D eigenvalue weighted by Gasteiger charge is -2.23. The van der Waals surface area contributed by atoms with Crippen molar-refractivity contribution >= 4 is 23.8 Å². The zero-order valence-electron chi connectivity index (χ0n) is 11.1. The van der Waals surface area contributed by atoms with E-state index in [-0.39, 0.29) is 6.54 Å². The fourth-order valence-corrected chi connectivity index (χ4v) is 2.03. The van der Waals surface area contributed by atoms with Gasteiger partial charge in [0.05, 0.1) is 12.2 Å². The molecule has 2 amide bonds. The highest BCUT2D eigenvalue weighted by molar-refractivity contribution is 7.98. The summed E-state index contributed by atoms with van der Waals surface area (Å²) in [5, 5.41) is 13.5. The van der Waals surface area contributed by atoms with Crippen molar-refractivity contribution in [2.75, 3.05) is 6.26 Å². The molecule has 0 aliphatic rings. The molecular weight excluding hydrogens is 266 g/mol. The van der Waals surface area contributed by atoms with Gasteiger partial charge in [0.1, 0.15) is 5.54 Å². The average molecular weight is 283 g/mol. The number of nitrogens with zero attached hydrogens (tertiary/aromatic N) is 1. The highest BCUT2D eigenvalue weighted by Crippen LogP contribution is 2.17. The van der Waals surface area contributed by atoms with Crippen LogP contribution in [0.2, 0.25) is 0 Å². The second kappa shape index (κ2) is 6.42. The third-order valence-corrected chi connectivity index (χ3v) is 3.28. The number of pyridine rings is 1. The standard InChI is InChI=1S/C12H17N3O3S/c1-12(2,15-11(17)18)10(16)14-7-8-9(19-3)5-4-6-13-8/h4-6,15H,7H2,1-3H3,(H,14,16)(H,17,18). The van der Waals surface area contributed by atoms with Crippen LogP contribution < -0.4 is 10.6 Å².